The highest BCUT2D eigenvalue weighted by Crippen LogP contribution is 2.24. The minimum atomic E-state index is -0.491. The molecule has 0 saturated heterocycles. The fraction of sp³-hybridized carbons (Fsp3) is 0.375. The Morgan fingerprint density at radius 3 is 2.76 bits per heavy atom. The number of imide groups is 1. The first-order valence-electron chi connectivity index (χ1n) is 7.93. The Bertz CT molecular complexity index is 761. The number of aromatic nitrogens is 2. The Morgan fingerprint density at radius 1 is 1.24 bits per heavy atom. The van der Waals surface area contributed by atoms with E-state index in [1.807, 2.05) is 0 Å². The number of hydrogen-bond donors (Lipinski definition) is 2. The van der Waals surface area contributed by atoms with Crippen molar-refractivity contribution in [2.24, 2.45) is 0 Å². The molecule has 25 heavy (non-hydrogen) atoms. The molecule has 2 aromatic rings. The van der Waals surface area contributed by atoms with Gasteiger partial charge < -0.3 is 9.73 Å². The lowest BCUT2D eigenvalue weighted by Gasteiger charge is -2.11. The average molecular weight is 364 g/mol. The van der Waals surface area contributed by atoms with Gasteiger partial charge in [-0.1, -0.05) is 36.7 Å². The third kappa shape index (κ3) is 4.79. The van der Waals surface area contributed by atoms with Gasteiger partial charge in [0, 0.05) is 6.04 Å². The van der Waals surface area contributed by atoms with Crippen LogP contribution in [0.25, 0.3) is 11.5 Å². The molecule has 0 unspecified atom stereocenters. The third-order valence-electron chi connectivity index (χ3n) is 3.78. The fourth-order valence-corrected chi connectivity index (χ4v) is 3.16. The van der Waals surface area contributed by atoms with Crippen LogP contribution in [0.2, 0.25) is 0 Å². The molecule has 0 aliphatic heterocycles. The summed E-state index contributed by atoms with van der Waals surface area (Å²) in [5.74, 6) is -0.952. The first-order valence-corrected chi connectivity index (χ1v) is 8.92. The maximum Gasteiger partial charge on any atom is 0.321 e. The van der Waals surface area contributed by atoms with Gasteiger partial charge in [-0.05, 0) is 25.0 Å². The summed E-state index contributed by atoms with van der Waals surface area (Å²) < 4.78 is 19.0. The van der Waals surface area contributed by atoms with Crippen LogP contribution < -0.4 is 10.6 Å². The van der Waals surface area contributed by atoms with Crippen molar-refractivity contribution in [1.29, 1.82) is 0 Å². The van der Waals surface area contributed by atoms with Gasteiger partial charge in [-0.2, -0.15) is 0 Å². The first-order chi connectivity index (χ1) is 12.1. The quantitative estimate of drug-likeness (QED) is 0.792. The molecule has 1 aliphatic carbocycles. The van der Waals surface area contributed by atoms with Crippen LogP contribution in [0.1, 0.15) is 25.7 Å². The maximum absolute atomic E-state index is 13.7. The standard InChI is InChI=1S/C16H17FN4O3S/c17-12-8-4-3-7-11(12)14-20-21-16(24-14)25-9-13(22)19-15(23)18-10-5-1-2-6-10/h3-4,7-8,10H,1-2,5-6,9H2,(H2,18,19,22,23). The maximum atomic E-state index is 13.7. The van der Waals surface area contributed by atoms with Crippen LogP contribution in [-0.2, 0) is 4.79 Å². The zero-order valence-corrected chi connectivity index (χ0v) is 14.1. The molecule has 0 atom stereocenters. The number of halogens is 1. The average Bonchev–Trinajstić information content (AvgIpc) is 3.25. The van der Waals surface area contributed by atoms with Crippen molar-refractivity contribution in [3.63, 3.8) is 0 Å². The second-order valence-corrected chi connectivity index (χ2v) is 6.57. The lowest BCUT2D eigenvalue weighted by Crippen LogP contribution is -2.44. The van der Waals surface area contributed by atoms with Crippen LogP contribution in [0.15, 0.2) is 33.9 Å². The lowest BCUT2D eigenvalue weighted by molar-refractivity contribution is -0.117. The molecule has 0 radical (unpaired) electrons. The van der Waals surface area contributed by atoms with E-state index in [1.54, 1.807) is 12.1 Å². The normalized spacial score (nSPS) is 14.4. The zero-order chi connectivity index (χ0) is 17.6. The molecule has 132 valence electrons. The van der Waals surface area contributed by atoms with Crippen LogP contribution >= 0.6 is 11.8 Å². The topological polar surface area (TPSA) is 97.1 Å². The molecular formula is C16H17FN4O3S. The largest absolute Gasteiger partial charge is 0.411 e. The van der Waals surface area contributed by atoms with E-state index in [1.165, 1.54) is 12.1 Å². The highest BCUT2D eigenvalue weighted by molar-refractivity contribution is 7.99. The molecule has 0 spiro atoms. The number of carbonyl (C=O) groups is 2. The number of rotatable bonds is 5. The van der Waals surface area contributed by atoms with Gasteiger partial charge >= 0.3 is 6.03 Å². The van der Waals surface area contributed by atoms with E-state index >= 15 is 0 Å². The Labute approximate surface area is 147 Å². The zero-order valence-electron chi connectivity index (χ0n) is 13.3. The third-order valence-corrected chi connectivity index (χ3v) is 4.60. The number of urea groups is 1. The summed E-state index contributed by atoms with van der Waals surface area (Å²) >= 11 is 0.980. The van der Waals surface area contributed by atoms with Crippen LogP contribution in [0, 0.1) is 5.82 Å². The van der Waals surface area contributed by atoms with Gasteiger partial charge in [0.25, 0.3) is 11.1 Å². The van der Waals surface area contributed by atoms with Crippen molar-refractivity contribution >= 4 is 23.7 Å². The van der Waals surface area contributed by atoms with Gasteiger partial charge in [0.1, 0.15) is 5.82 Å². The summed E-state index contributed by atoms with van der Waals surface area (Å²) in [7, 11) is 0. The molecule has 1 aliphatic rings. The summed E-state index contributed by atoms with van der Waals surface area (Å²) in [6, 6.07) is 5.69. The minimum absolute atomic E-state index is 0.0417. The number of nitrogens with zero attached hydrogens (tertiary/aromatic N) is 2. The summed E-state index contributed by atoms with van der Waals surface area (Å²) in [6.45, 7) is 0. The van der Waals surface area contributed by atoms with Gasteiger partial charge in [0.05, 0.1) is 11.3 Å². The molecule has 3 amide bonds. The molecule has 0 bridgehead atoms. The monoisotopic (exact) mass is 364 g/mol. The van der Waals surface area contributed by atoms with E-state index < -0.39 is 17.8 Å². The molecular weight excluding hydrogens is 347 g/mol. The fourth-order valence-electron chi connectivity index (χ4n) is 2.59. The number of hydrogen-bond acceptors (Lipinski definition) is 6. The van der Waals surface area contributed by atoms with Gasteiger partial charge in [-0.25, -0.2) is 9.18 Å². The van der Waals surface area contributed by atoms with E-state index in [4.69, 9.17) is 4.42 Å². The molecule has 7 nitrogen and oxygen atoms in total. The minimum Gasteiger partial charge on any atom is -0.411 e. The predicted octanol–water partition coefficient (Wildman–Crippen LogP) is 2.74. The van der Waals surface area contributed by atoms with E-state index in [0.717, 1.165) is 37.4 Å². The van der Waals surface area contributed by atoms with Crippen molar-refractivity contribution < 1.29 is 18.4 Å². The van der Waals surface area contributed by atoms with Crippen LogP contribution in [0.5, 0.6) is 0 Å². The molecule has 1 heterocycles. The second kappa shape index (κ2) is 8.11. The van der Waals surface area contributed by atoms with Gasteiger partial charge in [0.2, 0.25) is 5.91 Å². The van der Waals surface area contributed by atoms with Crippen LogP contribution in [0.3, 0.4) is 0 Å². The molecule has 1 aromatic carbocycles. The van der Waals surface area contributed by atoms with Gasteiger partial charge in [-0.3, -0.25) is 10.1 Å². The smallest absolute Gasteiger partial charge is 0.321 e. The molecule has 2 N–H and O–H groups in total. The molecule has 1 saturated carbocycles. The van der Waals surface area contributed by atoms with Crippen molar-refractivity contribution in [3.05, 3.63) is 30.1 Å². The predicted molar refractivity (Wildman–Crippen MR) is 89.3 cm³/mol. The summed E-state index contributed by atoms with van der Waals surface area (Å²) in [5.41, 5.74) is 0.197. The number of carbonyl (C=O) groups excluding carboxylic acids is 2. The first kappa shape index (κ1) is 17.4. The van der Waals surface area contributed by atoms with E-state index in [9.17, 15) is 14.0 Å². The van der Waals surface area contributed by atoms with Crippen LogP contribution in [0.4, 0.5) is 9.18 Å². The molecule has 1 fully saturated rings. The lowest BCUT2D eigenvalue weighted by atomic mass is 10.2. The number of thioether (sulfide) groups is 1. The molecule has 3 rings (SSSR count). The summed E-state index contributed by atoms with van der Waals surface area (Å²) in [5, 5.41) is 12.7. The van der Waals surface area contributed by atoms with E-state index in [0.29, 0.717) is 0 Å². The Kier molecular flexibility index (Phi) is 5.64. The van der Waals surface area contributed by atoms with Crippen molar-refractivity contribution in [3.8, 4) is 11.5 Å². The highest BCUT2D eigenvalue weighted by atomic mass is 32.2. The summed E-state index contributed by atoms with van der Waals surface area (Å²) in [4.78, 5) is 23.5. The van der Waals surface area contributed by atoms with E-state index in [-0.39, 0.29) is 28.5 Å². The van der Waals surface area contributed by atoms with Crippen molar-refractivity contribution in [2.75, 3.05) is 5.75 Å². The number of amides is 3. The molecule has 9 heteroatoms. The SMILES string of the molecule is O=C(CSc1nnc(-c2ccccc2F)o1)NC(=O)NC1CCCC1. The second-order valence-electron chi connectivity index (χ2n) is 5.64. The van der Waals surface area contributed by atoms with Gasteiger partial charge in [-0.15, -0.1) is 10.2 Å². The highest BCUT2D eigenvalue weighted by Gasteiger charge is 2.19. The van der Waals surface area contributed by atoms with Crippen molar-refractivity contribution in [2.45, 2.75) is 36.9 Å². The summed E-state index contributed by atoms with van der Waals surface area (Å²) in [6.07, 6.45) is 4.07. The number of benzene rings is 1. The Morgan fingerprint density at radius 2 is 2.00 bits per heavy atom. The Hall–Kier alpha value is -2.42. The van der Waals surface area contributed by atoms with Crippen molar-refractivity contribution in [1.82, 2.24) is 20.8 Å². The molecule has 1 aromatic heterocycles. The van der Waals surface area contributed by atoms with Crippen LogP contribution in [-0.4, -0.2) is 33.9 Å². The Balaban J connectivity index is 1.48. The van der Waals surface area contributed by atoms with E-state index in [2.05, 4.69) is 20.8 Å². The van der Waals surface area contributed by atoms with Gasteiger partial charge in [0.15, 0.2) is 0 Å². The number of nitrogens with one attached hydrogen (secondary N) is 2.